The lowest BCUT2D eigenvalue weighted by atomic mass is 10.1. The monoisotopic (exact) mass is 321 g/mol. The molecule has 1 aliphatic rings. The Hall–Kier alpha value is -0.780. The molecule has 1 heterocycles. The molecular formula is C12H13Cl2NO3S. The molecule has 19 heavy (non-hydrogen) atoms. The second-order valence-electron chi connectivity index (χ2n) is 4.58. The van der Waals surface area contributed by atoms with Crippen molar-refractivity contribution in [3.63, 3.8) is 0 Å². The SMILES string of the molecule is O=C(Cc1ccc(Cl)cc1Cl)N[C@@H]1CCS(=O)(=O)C1. The maximum atomic E-state index is 11.8. The van der Waals surface area contributed by atoms with Crippen molar-refractivity contribution in [2.45, 2.75) is 18.9 Å². The lowest BCUT2D eigenvalue weighted by Crippen LogP contribution is -2.36. The van der Waals surface area contributed by atoms with Crippen molar-refractivity contribution < 1.29 is 13.2 Å². The van der Waals surface area contributed by atoms with Gasteiger partial charge in [0.15, 0.2) is 9.84 Å². The lowest BCUT2D eigenvalue weighted by molar-refractivity contribution is -0.120. The number of rotatable bonds is 3. The van der Waals surface area contributed by atoms with Gasteiger partial charge >= 0.3 is 0 Å². The minimum absolute atomic E-state index is 0.0209. The molecule has 1 N–H and O–H groups in total. The van der Waals surface area contributed by atoms with Gasteiger partial charge in [0.25, 0.3) is 0 Å². The van der Waals surface area contributed by atoms with Gasteiger partial charge in [-0.25, -0.2) is 8.42 Å². The van der Waals surface area contributed by atoms with E-state index in [1.54, 1.807) is 18.2 Å². The number of hydrogen-bond donors (Lipinski definition) is 1. The number of halogens is 2. The Bertz CT molecular complexity index is 601. The summed E-state index contributed by atoms with van der Waals surface area (Å²) < 4.78 is 22.6. The Labute approximate surface area is 122 Å². The molecule has 0 aromatic heterocycles. The lowest BCUT2D eigenvalue weighted by Gasteiger charge is -2.11. The zero-order valence-corrected chi connectivity index (χ0v) is 12.4. The molecule has 1 saturated heterocycles. The second kappa shape index (κ2) is 5.69. The van der Waals surface area contributed by atoms with Gasteiger partial charge in [-0.1, -0.05) is 29.3 Å². The van der Waals surface area contributed by atoms with Crippen LogP contribution in [0.3, 0.4) is 0 Å². The molecule has 0 radical (unpaired) electrons. The predicted octanol–water partition coefficient (Wildman–Crippen LogP) is 1.84. The highest BCUT2D eigenvalue weighted by atomic mass is 35.5. The summed E-state index contributed by atoms with van der Waals surface area (Å²) in [4.78, 5) is 11.8. The number of nitrogens with one attached hydrogen (secondary N) is 1. The van der Waals surface area contributed by atoms with E-state index in [0.29, 0.717) is 22.0 Å². The molecule has 1 atom stereocenters. The van der Waals surface area contributed by atoms with Crippen LogP contribution < -0.4 is 5.32 Å². The van der Waals surface area contributed by atoms with E-state index in [0.717, 1.165) is 0 Å². The van der Waals surface area contributed by atoms with Gasteiger partial charge in [0.05, 0.1) is 17.9 Å². The Morgan fingerprint density at radius 1 is 1.37 bits per heavy atom. The van der Waals surface area contributed by atoms with Gasteiger partial charge in [-0.05, 0) is 24.1 Å². The fourth-order valence-corrected chi connectivity index (χ4v) is 4.17. The summed E-state index contributed by atoms with van der Waals surface area (Å²) in [6, 6.07) is 4.64. The molecule has 0 bridgehead atoms. The van der Waals surface area contributed by atoms with E-state index in [1.807, 2.05) is 0 Å². The summed E-state index contributed by atoms with van der Waals surface area (Å²) in [6.45, 7) is 0. The van der Waals surface area contributed by atoms with Gasteiger partial charge in [-0.3, -0.25) is 4.79 Å². The van der Waals surface area contributed by atoms with Crippen LogP contribution in [0.4, 0.5) is 0 Å². The second-order valence-corrected chi connectivity index (χ2v) is 7.65. The first-order valence-electron chi connectivity index (χ1n) is 5.79. The smallest absolute Gasteiger partial charge is 0.224 e. The Morgan fingerprint density at radius 2 is 2.11 bits per heavy atom. The van der Waals surface area contributed by atoms with E-state index in [-0.39, 0.29) is 29.9 Å². The van der Waals surface area contributed by atoms with Crippen molar-refractivity contribution in [3.8, 4) is 0 Å². The van der Waals surface area contributed by atoms with E-state index in [2.05, 4.69) is 5.32 Å². The third kappa shape index (κ3) is 4.09. The molecule has 0 unspecified atom stereocenters. The molecule has 2 rings (SSSR count). The fourth-order valence-electron chi connectivity index (χ4n) is 2.03. The highest BCUT2D eigenvalue weighted by Crippen LogP contribution is 2.21. The maximum absolute atomic E-state index is 11.8. The standard InChI is InChI=1S/C12H13Cl2NO3S/c13-9-2-1-8(11(14)6-9)5-12(16)15-10-3-4-19(17,18)7-10/h1-2,6,10H,3-5,7H2,(H,15,16)/t10-/m1/s1. The molecule has 1 fully saturated rings. The van der Waals surface area contributed by atoms with Gasteiger partial charge < -0.3 is 5.32 Å². The van der Waals surface area contributed by atoms with Crippen LogP contribution in [-0.4, -0.2) is 31.9 Å². The molecule has 7 heteroatoms. The third-order valence-corrected chi connectivity index (χ3v) is 5.32. The first kappa shape index (κ1) is 14.6. The van der Waals surface area contributed by atoms with Crippen LogP contribution >= 0.6 is 23.2 Å². The molecule has 1 aliphatic heterocycles. The summed E-state index contributed by atoms with van der Waals surface area (Å²) in [5.74, 6) is -0.0708. The zero-order valence-electron chi connectivity index (χ0n) is 10.0. The largest absolute Gasteiger partial charge is 0.352 e. The Balaban J connectivity index is 1.95. The van der Waals surface area contributed by atoms with E-state index < -0.39 is 9.84 Å². The molecule has 1 aromatic rings. The number of benzene rings is 1. The van der Waals surface area contributed by atoms with Gasteiger partial charge in [0.1, 0.15) is 0 Å². The molecule has 104 valence electrons. The topological polar surface area (TPSA) is 63.2 Å². The van der Waals surface area contributed by atoms with Crippen LogP contribution in [0.5, 0.6) is 0 Å². The molecule has 0 aliphatic carbocycles. The van der Waals surface area contributed by atoms with Crippen molar-refractivity contribution in [2.24, 2.45) is 0 Å². The average Bonchev–Trinajstić information content (AvgIpc) is 2.62. The summed E-state index contributed by atoms with van der Waals surface area (Å²) in [6.07, 6.45) is 0.592. The molecule has 0 spiro atoms. The van der Waals surface area contributed by atoms with Gasteiger partial charge in [0, 0.05) is 16.1 Å². The minimum atomic E-state index is -2.99. The zero-order chi connectivity index (χ0) is 14.0. The average molecular weight is 322 g/mol. The maximum Gasteiger partial charge on any atom is 0.224 e. The van der Waals surface area contributed by atoms with E-state index >= 15 is 0 Å². The number of sulfone groups is 1. The molecule has 1 amide bonds. The van der Waals surface area contributed by atoms with Crippen molar-refractivity contribution in [3.05, 3.63) is 33.8 Å². The van der Waals surface area contributed by atoms with Crippen molar-refractivity contribution in [1.82, 2.24) is 5.32 Å². The van der Waals surface area contributed by atoms with Gasteiger partial charge in [-0.15, -0.1) is 0 Å². The van der Waals surface area contributed by atoms with Crippen molar-refractivity contribution >= 4 is 38.9 Å². The van der Waals surface area contributed by atoms with E-state index in [1.165, 1.54) is 0 Å². The summed E-state index contributed by atoms with van der Waals surface area (Å²) >= 11 is 11.7. The Kier molecular flexibility index (Phi) is 4.38. The molecule has 4 nitrogen and oxygen atoms in total. The summed E-state index contributed by atoms with van der Waals surface area (Å²) in [5, 5.41) is 3.66. The highest BCUT2D eigenvalue weighted by molar-refractivity contribution is 7.91. The molecular weight excluding hydrogens is 309 g/mol. The summed E-state index contributed by atoms with van der Waals surface area (Å²) in [7, 11) is -2.99. The Morgan fingerprint density at radius 3 is 2.68 bits per heavy atom. The van der Waals surface area contributed by atoms with Gasteiger partial charge in [-0.2, -0.15) is 0 Å². The van der Waals surface area contributed by atoms with Crippen molar-refractivity contribution in [2.75, 3.05) is 11.5 Å². The normalized spacial score (nSPS) is 21.3. The van der Waals surface area contributed by atoms with Crippen LogP contribution in [0.2, 0.25) is 10.0 Å². The van der Waals surface area contributed by atoms with Crippen LogP contribution in [0.15, 0.2) is 18.2 Å². The highest BCUT2D eigenvalue weighted by Gasteiger charge is 2.28. The number of amides is 1. The van der Waals surface area contributed by atoms with Crippen LogP contribution in [0.25, 0.3) is 0 Å². The minimum Gasteiger partial charge on any atom is -0.352 e. The van der Waals surface area contributed by atoms with E-state index in [4.69, 9.17) is 23.2 Å². The summed E-state index contributed by atoms with van der Waals surface area (Å²) in [5.41, 5.74) is 0.671. The fraction of sp³-hybridized carbons (Fsp3) is 0.417. The first-order chi connectivity index (χ1) is 8.85. The van der Waals surface area contributed by atoms with Crippen LogP contribution in [0, 0.1) is 0 Å². The quantitative estimate of drug-likeness (QED) is 0.923. The number of carbonyl (C=O) groups excluding carboxylic acids is 1. The van der Waals surface area contributed by atoms with Gasteiger partial charge in [0.2, 0.25) is 5.91 Å². The molecule has 0 saturated carbocycles. The number of carbonyl (C=O) groups is 1. The van der Waals surface area contributed by atoms with Crippen molar-refractivity contribution in [1.29, 1.82) is 0 Å². The number of hydrogen-bond acceptors (Lipinski definition) is 3. The first-order valence-corrected chi connectivity index (χ1v) is 8.37. The molecule has 1 aromatic carbocycles. The van der Waals surface area contributed by atoms with Crippen LogP contribution in [-0.2, 0) is 21.1 Å². The third-order valence-electron chi connectivity index (χ3n) is 2.96. The van der Waals surface area contributed by atoms with E-state index in [9.17, 15) is 13.2 Å². The predicted molar refractivity (Wildman–Crippen MR) is 75.4 cm³/mol. The van der Waals surface area contributed by atoms with Crippen LogP contribution in [0.1, 0.15) is 12.0 Å².